The molecule has 0 aromatic rings. The van der Waals surface area contributed by atoms with Crippen molar-refractivity contribution in [3.05, 3.63) is 12.2 Å². The Balaban J connectivity index is 3.90. The predicted molar refractivity (Wildman–Crippen MR) is 193 cm³/mol. The molecule has 9 heteroatoms. The smallest absolute Gasteiger partial charge is 0.462 e. The van der Waals surface area contributed by atoms with Gasteiger partial charge < -0.3 is 19.3 Å². The van der Waals surface area contributed by atoms with Gasteiger partial charge in [0.05, 0.1) is 6.61 Å². The Morgan fingerprint density at radius 2 is 0.894 bits per heavy atom. The summed E-state index contributed by atoms with van der Waals surface area (Å²) < 4.78 is 26.3. The molecule has 0 saturated heterocycles. The molecule has 47 heavy (non-hydrogen) atoms. The minimum atomic E-state index is -4.74. The Morgan fingerprint density at radius 3 is 1.34 bits per heavy atom. The largest absolute Gasteiger partial charge is 0.469 e. The average molecular weight is 689 g/mol. The molecule has 0 amide bonds. The lowest BCUT2D eigenvalue weighted by Gasteiger charge is -2.18. The van der Waals surface area contributed by atoms with Crippen molar-refractivity contribution in [2.75, 3.05) is 13.2 Å². The van der Waals surface area contributed by atoms with Gasteiger partial charge in [0.1, 0.15) is 6.61 Å². The van der Waals surface area contributed by atoms with Gasteiger partial charge in [-0.25, -0.2) is 4.57 Å². The number of unbranched alkanes of at least 4 members (excludes halogenated alkanes) is 24. The van der Waals surface area contributed by atoms with E-state index in [2.05, 4.69) is 30.5 Å². The van der Waals surface area contributed by atoms with Crippen LogP contribution in [0.5, 0.6) is 0 Å². The van der Waals surface area contributed by atoms with Gasteiger partial charge in [-0.1, -0.05) is 161 Å². The van der Waals surface area contributed by atoms with Crippen LogP contribution >= 0.6 is 7.82 Å². The van der Waals surface area contributed by atoms with Gasteiger partial charge in [-0.15, -0.1) is 0 Å². The molecule has 0 unspecified atom stereocenters. The molecule has 0 saturated carbocycles. The van der Waals surface area contributed by atoms with E-state index in [0.717, 1.165) is 57.8 Å². The van der Waals surface area contributed by atoms with Crippen LogP contribution in [-0.4, -0.2) is 41.0 Å². The van der Waals surface area contributed by atoms with Crippen molar-refractivity contribution >= 4 is 19.8 Å². The molecule has 0 aliphatic carbocycles. The molecule has 2 N–H and O–H groups in total. The number of phosphoric acid groups is 1. The van der Waals surface area contributed by atoms with E-state index < -0.39 is 32.5 Å². The van der Waals surface area contributed by atoms with Gasteiger partial charge >= 0.3 is 19.8 Å². The van der Waals surface area contributed by atoms with E-state index in [1.165, 1.54) is 109 Å². The molecular weight excluding hydrogens is 615 g/mol. The number of ether oxygens (including phenoxy) is 2. The molecule has 278 valence electrons. The third-order valence-corrected chi connectivity index (χ3v) is 9.02. The Labute approximate surface area is 288 Å². The molecular formula is C38H73O8P. The van der Waals surface area contributed by atoms with Crippen LogP contribution in [0, 0.1) is 0 Å². The third-order valence-electron chi connectivity index (χ3n) is 8.53. The van der Waals surface area contributed by atoms with Gasteiger partial charge in [-0.05, 0) is 38.5 Å². The zero-order valence-corrected chi connectivity index (χ0v) is 31.3. The zero-order valence-electron chi connectivity index (χ0n) is 30.4. The maximum atomic E-state index is 12.3. The predicted octanol–water partition coefficient (Wildman–Crippen LogP) is 11.5. The first kappa shape index (κ1) is 45.8. The minimum absolute atomic E-state index is 0.205. The normalized spacial score (nSPS) is 12.5. The second-order valence-corrected chi connectivity index (χ2v) is 14.5. The number of carbonyl (C=O) groups excluding carboxylic acids is 2. The number of allylic oxidation sites excluding steroid dienone is 2. The van der Waals surface area contributed by atoms with Crippen molar-refractivity contribution in [1.29, 1.82) is 0 Å². The monoisotopic (exact) mass is 689 g/mol. The van der Waals surface area contributed by atoms with E-state index in [9.17, 15) is 14.2 Å². The van der Waals surface area contributed by atoms with Gasteiger partial charge in [-0.3, -0.25) is 14.1 Å². The van der Waals surface area contributed by atoms with Crippen LogP contribution in [0.4, 0.5) is 0 Å². The van der Waals surface area contributed by atoms with Crippen molar-refractivity contribution in [3.8, 4) is 0 Å². The number of hydrogen-bond donors (Lipinski definition) is 2. The molecule has 8 nitrogen and oxygen atoms in total. The fourth-order valence-electron chi connectivity index (χ4n) is 5.60. The Hall–Kier alpha value is -1.21. The molecule has 0 aliphatic heterocycles. The number of hydrogen-bond acceptors (Lipinski definition) is 6. The summed E-state index contributed by atoms with van der Waals surface area (Å²) in [5, 5.41) is 0. The van der Waals surface area contributed by atoms with Gasteiger partial charge in [0.2, 0.25) is 0 Å². The first-order chi connectivity index (χ1) is 22.8. The van der Waals surface area contributed by atoms with Crippen LogP contribution in [0.15, 0.2) is 12.2 Å². The summed E-state index contributed by atoms with van der Waals surface area (Å²) in [4.78, 5) is 42.7. The number of phosphoric ester groups is 1. The van der Waals surface area contributed by atoms with Crippen LogP contribution in [0.2, 0.25) is 0 Å². The topological polar surface area (TPSA) is 119 Å². The second kappa shape index (κ2) is 34.6. The summed E-state index contributed by atoms with van der Waals surface area (Å²) in [6, 6.07) is 0. The lowest BCUT2D eigenvalue weighted by Crippen LogP contribution is -2.29. The summed E-state index contributed by atoms with van der Waals surface area (Å²) >= 11 is 0. The molecule has 0 fully saturated rings. The lowest BCUT2D eigenvalue weighted by atomic mass is 10.0. The first-order valence-electron chi connectivity index (χ1n) is 19.5. The second-order valence-electron chi connectivity index (χ2n) is 13.3. The standard InChI is InChI=1S/C38H73O8P/c1-3-5-7-9-11-13-15-17-18-19-20-21-23-24-26-28-30-32-37(39)44-34-36(35-45-47(41,42)43)46-38(40)33-31-29-27-25-22-16-14-12-10-8-6-4-2/h12,14,36H,3-11,13,15-35H2,1-2H3,(H2,41,42,43)/b14-12-/t36-/m1/s1. The summed E-state index contributed by atoms with van der Waals surface area (Å²) in [5.41, 5.74) is 0. The summed E-state index contributed by atoms with van der Waals surface area (Å²) in [6.07, 6.45) is 36.5. The number of rotatable bonds is 36. The number of esters is 2. The highest BCUT2D eigenvalue weighted by Gasteiger charge is 2.22. The average Bonchev–Trinajstić information content (AvgIpc) is 3.04. The molecule has 0 bridgehead atoms. The van der Waals surface area contributed by atoms with Crippen molar-refractivity contribution in [2.45, 2.75) is 206 Å². The fraction of sp³-hybridized carbons (Fsp3) is 0.895. The van der Waals surface area contributed by atoms with E-state index in [0.29, 0.717) is 6.42 Å². The Morgan fingerprint density at radius 1 is 0.532 bits per heavy atom. The van der Waals surface area contributed by atoms with Crippen LogP contribution in [0.1, 0.15) is 200 Å². The first-order valence-corrected chi connectivity index (χ1v) is 21.0. The summed E-state index contributed by atoms with van der Waals surface area (Å²) in [5.74, 6) is -0.887. The SMILES string of the molecule is CCCCC/C=C\CCCCCCCC(=O)O[C@H](COC(=O)CCCCCCCCCCCCCCCCCCC)COP(=O)(O)O. The van der Waals surface area contributed by atoms with Crippen molar-refractivity contribution in [1.82, 2.24) is 0 Å². The molecule has 0 spiro atoms. The van der Waals surface area contributed by atoms with Crippen LogP contribution < -0.4 is 0 Å². The number of carbonyl (C=O) groups is 2. The summed E-state index contributed by atoms with van der Waals surface area (Å²) in [6.45, 7) is 3.66. The molecule has 0 radical (unpaired) electrons. The van der Waals surface area contributed by atoms with Crippen molar-refractivity contribution < 1.29 is 37.9 Å². The minimum Gasteiger partial charge on any atom is -0.462 e. The van der Waals surface area contributed by atoms with Crippen molar-refractivity contribution in [2.24, 2.45) is 0 Å². The molecule has 0 rings (SSSR count). The summed E-state index contributed by atoms with van der Waals surface area (Å²) in [7, 11) is -4.74. The van der Waals surface area contributed by atoms with E-state index in [-0.39, 0.29) is 19.4 Å². The van der Waals surface area contributed by atoms with Crippen molar-refractivity contribution in [3.63, 3.8) is 0 Å². The van der Waals surface area contributed by atoms with Gasteiger partial charge in [0.15, 0.2) is 6.10 Å². The van der Waals surface area contributed by atoms with E-state index >= 15 is 0 Å². The van der Waals surface area contributed by atoms with E-state index in [1.54, 1.807) is 0 Å². The molecule has 1 atom stereocenters. The van der Waals surface area contributed by atoms with Gasteiger partial charge in [-0.2, -0.15) is 0 Å². The lowest BCUT2D eigenvalue weighted by molar-refractivity contribution is -0.161. The van der Waals surface area contributed by atoms with Crippen LogP contribution in [0.3, 0.4) is 0 Å². The molecule has 0 aromatic carbocycles. The van der Waals surface area contributed by atoms with Gasteiger partial charge in [0.25, 0.3) is 0 Å². The van der Waals surface area contributed by atoms with E-state index in [4.69, 9.17) is 19.3 Å². The highest BCUT2D eigenvalue weighted by Crippen LogP contribution is 2.36. The van der Waals surface area contributed by atoms with E-state index in [1.807, 2.05) is 0 Å². The molecule has 0 aliphatic rings. The fourth-order valence-corrected chi connectivity index (χ4v) is 5.96. The third kappa shape index (κ3) is 37.5. The molecule has 0 aromatic heterocycles. The molecule has 0 heterocycles. The van der Waals surface area contributed by atoms with Gasteiger partial charge in [0, 0.05) is 12.8 Å². The Kier molecular flexibility index (Phi) is 33.8. The maximum Gasteiger partial charge on any atom is 0.469 e. The van der Waals surface area contributed by atoms with Crippen LogP contribution in [0.25, 0.3) is 0 Å². The highest BCUT2D eigenvalue weighted by atomic mass is 31.2. The Bertz CT molecular complexity index is 782. The quantitative estimate of drug-likeness (QED) is 0.0289. The highest BCUT2D eigenvalue weighted by molar-refractivity contribution is 7.46. The van der Waals surface area contributed by atoms with Crippen LogP contribution in [-0.2, 0) is 28.2 Å². The zero-order chi connectivity index (χ0) is 34.7. The maximum absolute atomic E-state index is 12.3.